The van der Waals surface area contributed by atoms with Crippen LogP contribution in [0.4, 0.5) is 4.79 Å². The van der Waals surface area contributed by atoms with Crippen molar-refractivity contribution in [3.63, 3.8) is 0 Å². The first-order chi connectivity index (χ1) is 12.0. The number of hydrogen-bond acceptors (Lipinski definition) is 6. The molecule has 0 unspecified atom stereocenters. The van der Waals surface area contributed by atoms with Gasteiger partial charge in [0.2, 0.25) is 11.8 Å². The van der Waals surface area contributed by atoms with Gasteiger partial charge in [0.05, 0.1) is 11.2 Å². The summed E-state index contributed by atoms with van der Waals surface area (Å²) < 4.78 is 4.94. The molecule has 0 spiro atoms. The van der Waals surface area contributed by atoms with Gasteiger partial charge < -0.3 is 20.3 Å². The van der Waals surface area contributed by atoms with E-state index in [1.165, 1.54) is 11.3 Å². The lowest BCUT2D eigenvalue weighted by Gasteiger charge is -2.28. The van der Waals surface area contributed by atoms with Crippen LogP contribution in [0.5, 0.6) is 0 Å². The van der Waals surface area contributed by atoms with Crippen LogP contribution in [0, 0.1) is 0 Å². The Morgan fingerprint density at radius 2 is 2.32 bits per heavy atom. The molecule has 3 rings (SSSR count). The van der Waals surface area contributed by atoms with Gasteiger partial charge in [0.15, 0.2) is 0 Å². The molecule has 4 atom stereocenters. The van der Waals surface area contributed by atoms with E-state index in [0.29, 0.717) is 13.0 Å². The fourth-order valence-corrected chi connectivity index (χ4v) is 3.84. The Bertz CT molecular complexity index is 651. The lowest BCUT2D eigenvalue weighted by molar-refractivity contribution is -0.137. The van der Waals surface area contributed by atoms with Crippen LogP contribution in [0.2, 0.25) is 0 Å². The number of carbonyl (C=O) groups is 3. The van der Waals surface area contributed by atoms with Gasteiger partial charge in [-0.25, -0.2) is 9.78 Å². The summed E-state index contributed by atoms with van der Waals surface area (Å²) in [6.07, 6.45) is 1.06. The lowest BCUT2D eigenvalue weighted by atomic mass is 10.1. The molecule has 25 heavy (non-hydrogen) atoms. The van der Waals surface area contributed by atoms with Crippen LogP contribution in [0.25, 0.3) is 0 Å². The molecule has 1 aromatic rings. The number of cyclic esters (lactones) is 1. The summed E-state index contributed by atoms with van der Waals surface area (Å²) in [4.78, 5) is 42.8. The third kappa shape index (κ3) is 3.92. The highest BCUT2D eigenvalue weighted by Gasteiger charge is 2.39. The number of thiazole rings is 1. The summed E-state index contributed by atoms with van der Waals surface area (Å²) in [5, 5.41) is 7.12. The van der Waals surface area contributed by atoms with E-state index >= 15 is 0 Å². The molecular weight excluding hydrogens is 344 g/mol. The maximum absolute atomic E-state index is 12.9. The highest BCUT2D eigenvalue weighted by atomic mass is 32.1. The van der Waals surface area contributed by atoms with E-state index in [2.05, 4.69) is 15.6 Å². The van der Waals surface area contributed by atoms with Gasteiger partial charge in [-0.05, 0) is 26.7 Å². The molecule has 0 saturated carbocycles. The van der Waals surface area contributed by atoms with Crippen molar-refractivity contribution in [3.8, 4) is 0 Å². The van der Waals surface area contributed by atoms with Crippen LogP contribution in [0.15, 0.2) is 10.9 Å². The number of hydrogen-bond donors (Lipinski definition) is 2. The Morgan fingerprint density at radius 1 is 1.52 bits per heavy atom. The minimum Gasteiger partial charge on any atom is -0.444 e. The highest BCUT2D eigenvalue weighted by Crippen LogP contribution is 2.19. The Hall–Kier alpha value is -2.16. The van der Waals surface area contributed by atoms with Gasteiger partial charge in [-0.1, -0.05) is 0 Å². The summed E-state index contributed by atoms with van der Waals surface area (Å²) in [5.74, 6) is -0.525. The predicted molar refractivity (Wildman–Crippen MR) is 91.0 cm³/mol. The second kappa shape index (κ2) is 7.38. The Morgan fingerprint density at radius 3 is 2.88 bits per heavy atom. The van der Waals surface area contributed by atoms with Crippen LogP contribution >= 0.6 is 11.3 Å². The third-order valence-electron chi connectivity index (χ3n) is 4.67. The number of likely N-dealkylation sites (tertiary alicyclic amines) is 1. The van der Waals surface area contributed by atoms with Gasteiger partial charge in [0, 0.05) is 24.4 Å². The number of aromatic nitrogens is 1. The molecule has 2 saturated heterocycles. The van der Waals surface area contributed by atoms with E-state index in [4.69, 9.17) is 4.74 Å². The van der Waals surface area contributed by atoms with E-state index in [9.17, 15) is 14.4 Å². The first kappa shape index (κ1) is 17.7. The highest BCUT2D eigenvalue weighted by molar-refractivity contribution is 7.07. The molecule has 2 fully saturated rings. The van der Waals surface area contributed by atoms with E-state index < -0.39 is 30.2 Å². The molecule has 3 heterocycles. The molecule has 136 valence electrons. The maximum atomic E-state index is 12.9. The average molecular weight is 366 g/mol. The van der Waals surface area contributed by atoms with Gasteiger partial charge in [-0.2, -0.15) is 0 Å². The van der Waals surface area contributed by atoms with E-state index in [1.54, 1.807) is 12.4 Å². The molecule has 0 bridgehead atoms. The minimum absolute atomic E-state index is 0.107. The van der Waals surface area contributed by atoms with Gasteiger partial charge in [-0.3, -0.25) is 9.59 Å². The number of amides is 3. The van der Waals surface area contributed by atoms with Crippen LogP contribution in [0.3, 0.4) is 0 Å². The van der Waals surface area contributed by atoms with Crippen molar-refractivity contribution in [1.82, 2.24) is 20.5 Å². The monoisotopic (exact) mass is 366 g/mol. The van der Waals surface area contributed by atoms with Gasteiger partial charge >= 0.3 is 6.09 Å². The number of nitrogens with one attached hydrogen (secondary N) is 2. The standard InChI is InChI=1S/C16H22N4O4S/c1-9-4-3-5-20(9)15(22)12(6-11-7-25-8-17-11)18-14(21)13-10(2)24-16(23)19-13/h7-10,12-13H,3-6H2,1-2H3,(H,18,21)(H,19,23)/t9-,10+,12-,13+/m1/s1. The van der Waals surface area contributed by atoms with Crippen molar-refractivity contribution in [2.45, 2.75) is 57.3 Å². The summed E-state index contributed by atoms with van der Waals surface area (Å²) in [7, 11) is 0. The topological polar surface area (TPSA) is 101 Å². The smallest absolute Gasteiger partial charge is 0.408 e. The summed E-state index contributed by atoms with van der Waals surface area (Å²) in [5.41, 5.74) is 2.46. The van der Waals surface area contributed by atoms with Crippen molar-refractivity contribution in [1.29, 1.82) is 0 Å². The lowest BCUT2D eigenvalue weighted by Crippen LogP contribution is -2.55. The normalized spacial score (nSPS) is 26.9. The molecule has 0 radical (unpaired) electrons. The second-order valence-electron chi connectivity index (χ2n) is 6.50. The Balaban J connectivity index is 1.72. The van der Waals surface area contributed by atoms with Crippen molar-refractivity contribution in [3.05, 3.63) is 16.6 Å². The molecule has 0 aliphatic carbocycles. The minimum atomic E-state index is -0.797. The van der Waals surface area contributed by atoms with Gasteiger partial charge in [0.25, 0.3) is 0 Å². The molecule has 3 amide bonds. The van der Waals surface area contributed by atoms with Crippen molar-refractivity contribution >= 4 is 29.2 Å². The quantitative estimate of drug-likeness (QED) is 0.798. The van der Waals surface area contributed by atoms with E-state index in [-0.39, 0.29) is 11.9 Å². The van der Waals surface area contributed by atoms with Crippen LogP contribution in [0.1, 0.15) is 32.4 Å². The fraction of sp³-hybridized carbons (Fsp3) is 0.625. The van der Waals surface area contributed by atoms with Crippen molar-refractivity contribution in [2.75, 3.05) is 6.54 Å². The van der Waals surface area contributed by atoms with Crippen molar-refractivity contribution < 1.29 is 19.1 Å². The molecule has 1 aromatic heterocycles. The largest absolute Gasteiger partial charge is 0.444 e. The van der Waals surface area contributed by atoms with Gasteiger partial charge in [0.1, 0.15) is 18.2 Å². The number of carbonyl (C=O) groups excluding carboxylic acids is 3. The van der Waals surface area contributed by atoms with E-state index in [0.717, 1.165) is 18.5 Å². The number of nitrogens with zero attached hydrogens (tertiary/aromatic N) is 2. The SMILES string of the molecule is C[C@@H]1OC(=O)N[C@@H]1C(=O)N[C@H](Cc1cscn1)C(=O)N1CCC[C@H]1C. The Kier molecular flexibility index (Phi) is 5.22. The molecule has 8 nitrogen and oxygen atoms in total. The molecule has 2 aliphatic rings. The Labute approximate surface area is 149 Å². The summed E-state index contributed by atoms with van der Waals surface area (Å²) in [6.45, 7) is 4.35. The maximum Gasteiger partial charge on any atom is 0.408 e. The molecule has 0 aromatic carbocycles. The fourth-order valence-electron chi connectivity index (χ4n) is 3.26. The third-order valence-corrected chi connectivity index (χ3v) is 5.30. The summed E-state index contributed by atoms with van der Waals surface area (Å²) in [6, 6.07) is -1.34. The number of rotatable bonds is 5. The number of alkyl carbamates (subject to hydrolysis) is 1. The zero-order valence-corrected chi connectivity index (χ0v) is 15.0. The first-order valence-electron chi connectivity index (χ1n) is 8.40. The first-order valence-corrected chi connectivity index (χ1v) is 9.35. The molecule has 2 N–H and O–H groups in total. The molecular formula is C16H22N4O4S. The van der Waals surface area contributed by atoms with Crippen LogP contribution in [-0.4, -0.2) is 58.6 Å². The van der Waals surface area contributed by atoms with Crippen molar-refractivity contribution in [2.24, 2.45) is 0 Å². The molecule has 2 aliphatic heterocycles. The van der Waals surface area contributed by atoms with E-state index in [1.807, 2.05) is 17.2 Å². The predicted octanol–water partition coefficient (Wildman–Crippen LogP) is 0.678. The zero-order chi connectivity index (χ0) is 18.0. The van der Waals surface area contributed by atoms with Gasteiger partial charge in [-0.15, -0.1) is 11.3 Å². The zero-order valence-electron chi connectivity index (χ0n) is 14.2. The summed E-state index contributed by atoms with van der Waals surface area (Å²) >= 11 is 1.45. The van der Waals surface area contributed by atoms with Crippen LogP contribution in [-0.2, 0) is 20.7 Å². The average Bonchev–Trinajstić information content (AvgIpc) is 3.28. The second-order valence-corrected chi connectivity index (χ2v) is 7.22. The van der Waals surface area contributed by atoms with Crippen LogP contribution < -0.4 is 10.6 Å². The number of ether oxygens (including phenoxy) is 1. The molecule has 9 heteroatoms.